The molecule has 0 aliphatic heterocycles. The standard InChI is InChI=1S/C39H41NO2/c1-5-21-40(26-31-23-28(2)22-30(4)37(31)41)27-32-24-29(3)25-36(38(32)42)39(33-15-9-6-10-16-33,34-17-11-7-12-18-34)35-19-13-8-14-20-35/h6-20,22-25,41-42H,5,21,26-27H2,1-4H3. The van der Waals surface area contributed by atoms with Gasteiger partial charge in [0.15, 0.2) is 0 Å². The number of phenolic OH excluding ortho intramolecular Hbond substituents is 2. The van der Waals surface area contributed by atoms with Crippen molar-refractivity contribution in [2.75, 3.05) is 6.54 Å². The molecule has 5 aromatic rings. The van der Waals surface area contributed by atoms with Crippen LogP contribution in [-0.2, 0) is 18.5 Å². The van der Waals surface area contributed by atoms with Crippen LogP contribution in [0.1, 0.15) is 63.4 Å². The Bertz CT molecular complexity index is 1530. The molecule has 0 aliphatic rings. The lowest BCUT2D eigenvalue weighted by molar-refractivity contribution is 0.249. The highest BCUT2D eigenvalue weighted by molar-refractivity contribution is 5.64. The average molecular weight is 556 g/mol. The molecule has 0 amide bonds. The van der Waals surface area contributed by atoms with Crippen LogP contribution in [0.4, 0.5) is 0 Å². The van der Waals surface area contributed by atoms with Crippen molar-refractivity contribution < 1.29 is 10.2 Å². The van der Waals surface area contributed by atoms with Crippen LogP contribution in [-0.4, -0.2) is 21.7 Å². The zero-order valence-corrected chi connectivity index (χ0v) is 25.1. The summed E-state index contributed by atoms with van der Waals surface area (Å²) in [5, 5.41) is 23.1. The Morgan fingerprint density at radius 2 is 1.00 bits per heavy atom. The molecule has 3 nitrogen and oxygen atoms in total. The largest absolute Gasteiger partial charge is 0.507 e. The molecule has 0 radical (unpaired) electrons. The van der Waals surface area contributed by atoms with Gasteiger partial charge in [-0.25, -0.2) is 0 Å². The minimum Gasteiger partial charge on any atom is -0.507 e. The minimum absolute atomic E-state index is 0.308. The first-order chi connectivity index (χ1) is 20.3. The van der Waals surface area contributed by atoms with Crippen molar-refractivity contribution >= 4 is 0 Å². The first-order valence-electron chi connectivity index (χ1n) is 14.9. The van der Waals surface area contributed by atoms with Gasteiger partial charge >= 0.3 is 0 Å². The van der Waals surface area contributed by atoms with E-state index in [0.717, 1.165) is 63.0 Å². The number of hydrogen-bond donors (Lipinski definition) is 2. The lowest BCUT2D eigenvalue weighted by Crippen LogP contribution is -2.32. The summed E-state index contributed by atoms with van der Waals surface area (Å²) in [5.74, 6) is 0.662. The normalized spacial score (nSPS) is 11.6. The van der Waals surface area contributed by atoms with E-state index >= 15 is 0 Å². The SMILES string of the molecule is CCCN(Cc1cc(C)cc(C)c1O)Cc1cc(C)cc(C(c2ccccc2)(c2ccccc2)c2ccccc2)c1O. The van der Waals surface area contributed by atoms with Gasteiger partial charge in [-0.05, 0) is 56.0 Å². The fourth-order valence-electron chi connectivity index (χ4n) is 6.47. The molecule has 0 heterocycles. The van der Waals surface area contributed by atoms with Crippen LogP contribution in [0.2, 0.25) is 0 Å². The van der Waals surface area contributed by atoms with E-state index in [-0.39, 0.29) is 0 Å². The maximum Gasteiger partial charge on any atom is 0.124 e. The number of phenols is 2. The predicted octanol–water partition coefficient (Wildman–Crippen LogP) is 8.82. The molecule has 0 saturated carbocycles. The third kappa shape index (κ3) is 5.70. The Morgan fingerprint density at radius 1 is 0.571 bits per heavy atom. The number of aromatic hydroxyl groups is 2. The number of rotatable bonds is 10. The molecular weight excluding hydrogens is 514 g/mol. The topological polar surface area (TPSA) is 43.7 Å². The van der Waals surface area contributed by atoms with Gasteiger partial charge in [-0.15, -0.1) is 0 Å². The lowest BCUT2D eigenvalue weighted by Gasteiger charge is -2.38. The molecule has 0 saturated heterocycles. The van der Waals surface area contributed by atoms with Gasteiger partial charge in [0.1, 0.15) is 11.5 Å². The van der Waals surface area contributed by atoms with Crippen LogP contribution in [0.3, 0.4) is 0 Å². The molecule has 42 heavy (non-hydrogen) atoms. The highest BCUT2D eigenvalue weighted by Gasteiger charge is 2.41. The summed E-state index contributed by atoms with van der Waals surface area (Å²) in [6.45, 7) is 10.3. The zero-order valence-electron chi connectivity index (χ0n) is 25.1. The van der Waals surface area contributed by atoms with Gasteiger partial charge in [0.2, 0.25) is 0 Å². The van der Waals surface area contributed by atoms with Gasteiger partial charge in [0.05, 0.1) is 5.41 Å². The van der Waals surface area contributed by atoms with Crippen molar-refractivity contribution in [3.8, 4) is 11.5 Å². The monoisotopic (exact) mass is 555 g/mol. The lowest BCUT2D eigenvalue weighted by atomic mass is 9.64. The summed E-state index contributed by atoms with van der Waals surface area (Å²) in [4.78, 5) is 2.32. The van der Waals surface area contributed by atoms with E-state index in [1.807, 2.05) is 31.2 Å². The van der Waals surface area contributed by atoms with Crippen LogP contribution in [0.5, 0.6) is 11.5 Å². The number of hydrogen-bond acceptors (Lipinski definition) is 3. The Kier molecular flexibility index (Phi) is 8.80. The van der Waals surface area contributed by atoms with Gasteiger partial charge in [0.25, 0.3) is 0 Å². The molecule has 0 aromatic heterocycles. The van der Waals surface area contributed by atoms with E-state index in [4.69, 9.17) is 0 Å². The smallest absolute Gasteiger partial charge is 0.124 e. The maximum absolute atomic E-state index is 12.3. The molecule has 214 valence electrons. The van der Waals surface area contributed by atoms with Gasteiger partial charge in [-0.3, -0.25) is 4.90 Å². The van der Waals surface area contributed by atoms with Gasteiger partial charge < -0.3 is 10.2 Å². The first kappa shape index (κ1) is 29.2. The summed E-state index contributed by atoms with van der Waals surface area (Å²) in [6, 6.07) is 39.8. The number of nitrogens with zero attached hydrogens (tertiary/aromatic N) is 1. The molecule has 5 rings (SSSR count). The van der Waals surface area contributed by atoms with E-state index in [1.54, 1.807) is 0 Å². The van der Waals surface area contributed by atoms with E-state index < -0.39 is 5.41 Å². The van der Waals surface area contributed by atoms with Gasteiger partial charge in [-0.1, -0.05) is 133 Å². The molecule has 2 N–H and O–H groups in total. The second-order valence-corrected chi connectivity index (χ2v) is 11.5. The molecule has 3 heteroatoms. The molecule has 0 unspecified atom stereocenters. The average Bonchev–Trinajstić information content (AvgIpc) is 3.00. The highest BCUT2D eigenvalue weighted by Crippen LogP contribution is 2.49. The van der Waals surface area contributed by atoms with E-state index in [0.29, 0.717) is 24.6 Å². The molecule has 0 atom stereocenters. The van der Waals surface area contributed by atoms with E-state index in [2.05, 4.69) is 117 Å². The van der Waals surface area contributed by atoms with Crippen LogP contribution >= 0.6 is 0 Å². The third-order valence-electron chi connectivity index (χ3n) is 8.21. The van der Waals surface area contributed by atoms with Crippen molar-refractivity contribution in [1.29, 1.82) is 0 Å². The molecule has 0 fully saturated rings. The van der Waals surface area contributed by atoms with Crippen molar-refractivity contribution in [3.05, 3.63) is 165 Å². The Morgan fingerprint density at radius 3 is 1.45 bits per heavy atom. The second kappa shape index (κ2) is 12.7. The summed E-state index contributed by atoms with van der Waals surface area (Å²) in [6.07, 6.45) is 0.965. The summed E-state index contributed by atoms with van der Waals surface area (Å²) < 4.78 is 0. The highest BCUT2D eigenvalue weighted by atomic mass is 16.3. The fraction of sp³-hybridized carbons (Fsp3) is 0.231. The molecule has 0 bridgehead atoms. The summed E-state index contributed by atoms with van der Waals surface area (Å²) in [7, 11) is 0. The van der Waals surface area contributed by atoms with Crippen LogP contribution in [0.15, 0.2) is 115 Å². The zero-order chi connectivity index (χ0) is 29.7. The van der Waals surface area contributed by atoms with E-state index in [1.165, 1.54) is 0 Å². The van der Waals surface area contributed by atoms with Crippen molar-refractivity contribution in [2.24, 2.45) is 0 Å². The molecule has 0 spiro atoms. The summed E-state index contributed by atoms with van der Waals surface area (Å²) >= 11 is 0. The van der Waals surface area contributed by atoms with Crippen molar-refractivity contribution in [3.63, 3.8) is 0 Å². The first-order valence-corrected chi connectivity index (χ1v) is 14.9. The quantitative estimate of drug-likeness (QED) is 0.169. The van der Waals surface area contributed by atoms with E-state index in [9.17, 15) is 10.2 Å². The Balaban J connectivity index is 1.70. The fourth-order valence-corrected chi connectivity index (χ4v) is 6.47. The minimum atomic E-state index is -0.726. The Labute approximate surface area is 250 Å². The number of benzene rings is 5. The third-order valence-corrected chi connectivity index (χ3v) is 8.21. The molecule has 5 aromatic carbocycles. The van der Waals surface area contributed by atoms with Crippen LogP contribution < -0.4 is 0 Å². The summed E-state index contributed by atoms with van der Waals surface area (Å²) in [5.41, 5.74) is 8.35. The number of aryl methyl sites for hydroxylation is 3. The maximum atomic E-state index is 12.3. The Hall–Kier alpha value is -4.34. The molecular formula is C39H41NO2. The van der Waals surface area contributed by atoms with Crippen LogP contribution in [0, 0.1) is 20.8 Å². The van der Waals surface area contributed by atoms with Gasteiger partial charge in [0, 0.05) is 29.8 Å². The van der Waals surface area contributed by atoms with Crippen molar-refractivity contribution in [1.82, 2.24) is 4.90 Å². The van der Waals surface area contributed by atoms with Crippen LogP contribution in [0.25, 0.3) is 0 Å². The van der Waals surface area contributed by atoms with Crippen molar-refractivity contribution in [2.45, 2.75) is 52.6 Å². The molecule has 0 aliphatic carbocycles. The predicted molar refractivity (Wildman–Crippen MR) is 173 cm³/mol. The van der Waals surface area contributed by atoms with Gasteiger partial charge in [-0.2, -0.15) is 0 Å². The second-order valence-electron chi connectivity index (χ2n) is 11.5.